The maximum atomic E-state index is 5.97. The van der Waals surface area contributed by atoms with Crippen LogP contribution in [-0.2, 0) is 0 Å². The molecule has 1 aliphatic rings. The number of ether oxygens (including phenoxy) is 1. The molecule has 17 heavy (non-hydrogen) atoms. The second-order valence-electron chi connectivity index (χ2n) is 4.31. The van der Waals surface area contributed by atoms with Crippen LogP contribution in [0, 0.1) is 0 Å². The SMILES string of the molecule is c1ncc2cc(OC3CCNCC3)ccc2n1. The van der Waals surface area contributed by atoms with E-state index in [0.29, 0.717) is 6.10 Å². The lowest BCUT2D eigenvalue weighted by atomic mass is 10.1. The fourth-order valence-corrected chi connectivity index (χ4v) is 2.14. The summed E-state index contributed by atoms with van der Waals surface area (Å²) in [6.45, 7) is 2.09. The highest BCUT2D eigenvalue weighted by atomic mass is 16.5. The van der Waals surface area contributed by atoms with Crippen LogP contribution in [0.25, 0.3) is 10.9 Å². The molecule has 0 unspecified atom stereocenters. The molecule has 0 radical (unpaired) electrons. The van der Waals surface area contributed by atoms with Crippen molar-refractivity contribution in [3.8, 4) is 5.75 Å². The van der Waals surface area contributed by atoms with Crippen molar-refractivity contribution in [1.82, 2.24) is 15.3 Å². The smallest absolute Gasteiger partial charge is 0.120 e. The zero-order valence-corrected chi connectivity index (χ0v) is 9.60. The summed E-state index contributed by atoms with van der Waals surface area (Å²) in [5.41, 5.74) is 0.956. The van der Waals surface area contributed by atoms with E-state index in [1.165, 1.54) is 0 Å². The molecule has 4 heteroatoms. The summed E-state index contributed by atoms with van der Waals surface area (Å²) < 4.78 is 5.97. The van der Waals surface area contributed by atoms with Crippen LogP contribution >= 0.6 is 0 Å². The lowest BCUT2D eigenvalue weighted by Gasteiger charge is -2.23. The van der Waals surface area contributed by atoms with Crippen LogP contribution in [0.4, 0.5) is 0 Å². The summed E-state index contributed by atoms with van der Waals surface area (Å²) in [6.07, 6.45) is 5.86. The van der Waals surface area contributed by atoms with Crippen LogP contribution in [-0.4, -0.2) is 29.2 Å². The van der Waals surface area contributed by atoms with Gasteiger partial charge < -0.3 is 10.1 Å². The van der Waals surface area contributed by atoms with Gasteiger partial charge in [-0.1, -0.05) is 0 Å². The Balaban J connectivity index is 1.80. The zero-order valence-electron chi connectivity index (χ0n) is 9.60. The van der Waals surface area contributed by atoms with Crippen molar-refractivity contribution in [1.29, 1.82) is 0 Å². The molecule has 88 valence electrons. The number of aromatic nitrogens is 2. The van der Waals surface area contributed by atoms with Gasteiger partial charge in [-0.25, -0.2) is 9.97 Å². The summed E-state index contributed by atoms with van der Waals surface area (Å²) in [4.78, 5) is 8.22. The number of nitrogens with one attached hydrogen (secondary N) is 1. The van der Waals surface area contributed by atoms with Gasteiger partial charge in [-0.3, -0.25) is 0 Å². The van der Waals surface area contributed by atoms with Gasteiger partial charge in [0.25, 0.3) is 0 Å². The Hall–Kier alpha value is -1.68. The molecule has 2 aromatic rings. The fraction of sp³-hybridized carbons (Fsp3) is 0.385. The average molecular weight is 229 g/mol. The van der Waals surface area contributed by atoms with Crippen molar-refractivity contribution in [3.63, 3.8) is 0 Å². The molecule has 0 atom stereocenters. The molecule has 1 aliphatic heterocycles. The Kier molecular flexibility index (Phi) is 2.88. The third kappa shape index (κ3) is 2.36. The van der Waals surface area contributed by atoms with Gasteiger partial charge in [-0.15, -0.1) is 0 Å². The van der Waals surface area contributed by atoms with Gasteiger partial charge >= 0.3 is 0 Å². The number of hydrogen-bond donors (Lipinski definition) is 1. The van der Waals surface area contributed by atoms with E-state index in [-0.39, 0.29) is 0 Å². The van der Waals surface area contributed by atoms with E-state index in [1.54, 1.807) is 6.33 Å². The highest BCUT2D eigenvalue weighted by Gasteiger charge is 2.14. The Labute approximate surface area is 100 Å². The van der Waals surface area contributed by atoms with E-state index >= 15 is 0 Å². The Bertz CT molecular complexity index is 509. The first-order valence-corrected chi connectivity index (χ1v) is 5.99. The van der Waals surface area contributed by atoms with Gasteiger partial charge in [0.2, 0.25) is 0 Å². The minimum atomic E-state index is 0.332. The summed E-state index contributed by atoms with van der Waals surface area (Å²) in [5.74, 6) is 0.916. The predicted molar refractivity (Wildman–Crippen MR) is 66.1 cm³/mol. The van der Waals surface area contributed by atoms with Crippen LogP contribution in [0.3, 0.4) is 0 Å². The third-order valence-corrected chi connectivity index (χ3v) is 3.07. The number of fused-ring (bicyclic) bond motifs is 1. The van der Waals surface area contributed by atoms with Crippen LogP contribution in [0.1, 0.15) is 12.8 Å². The molecule has 0 aliphatic carbocycles. The van der Waals surface area contributed by atoms with Gasteiger partial charge in [0.1, 0.15) is 18.2 Å². The monoisotopic (exact) mass is 229 g/mol. The summed E-state index contributed by atoms with van der Waals surface area (Å²) in [5, 5.41) is 4.36. The van der Waals surface area contributed by atoms with Gasteiger partial charge in [0.15, 0.2) is 0 Å². The zero-order chi connectivity index (χ0) is 11.5. The molecule has 1 aromatic heterocycles. The van der Waals surface area contributed by atoms with Gasteiger partial charge in [0, 0.05) is 11.6 Å². The Morgan fingerprint density at radius 2 is 2.12 bits per heavy atom. The second kappa shape index (κ2) is 4.67. The van der Waals surface area contributed by atoms with Gasteiger partial charge in [0.05, 0.1) is 5.52 Å². The summed E-state index contributed by atoms with van der Waals surface area (Å²) >= 11 is 0. The van der Waals surface area contributed by atoms with Crippen LogP contribution in [0.15, 0.2) is 30.7 Å². The molecule has 0 saturated carbocycles. The molecule has 0 bridgehead atoms. The van der Waals surface area contributed by atoms with E-state index in [9.17, 15) is 0 Å². The molecule has 0 spiro atoms. The number of nitrogens with zero attached hydrogens (tertiary/aromatic N) is 2. The predicted octanol–water partition coefficient (Wildman–Crippen LogP) is 1.76. The van der Waals surface area contributed by atoms with Crippen LogP contribution < -0.4 is 10.1 Å². The molecule has 4 nitrogen and oxygen atoms in total. The summed E-state index contributed by atoms with van der Waals surface area (Å²) in [6, 6.07) is 5.97. The van der Waals surface area contributed by atoms with Crippen molar-refractivity contribution in [2.24, 2.45) is 0 Å². The second-order valence-corrected chi connectivity index (χ2v) is 4.31. The van der Waals surface area contributed by atoms with E-state index in [0.717, 1.165) is 42.6 Å². The number of rotatable bonds is 2. The maximum absolute atomic E-state index is 5.97. The van der Waals surface area contributed by atoms with Crippen molar-refractivity contribution in [2.75, 3.05) is 13.1 Å². The molecule has 2 heterocycles. The Morgan fingerprint density at radius 1 is 1.24 bits per heavy atom. The molecule has 1 fully saturated rings. The van der Waals surface area contributed by atoms with E-state index in [2.05, 4.69) is 15.3 Å². The first kappa shape index (κ1) is 10.5. The molecule has 1 saturated heterocycles. The molecule has 1 aromatic carbocycles. The molecule has 0 amide bonds. The van der Waals surface area contributed by atoms with Crippen molar-refractivity contribution in [3.05, 3.63) is 30.7 Å². The highest BCUT2D eigenvalue weighted by molar-refractivity contribution is 5.78. The van der Waals surface area contributed by atoms with Crippen molar-refractivity contribution >= 4 is 10.9 Å². The first-order valence-electron chi connectivity index (χ1n) is 5.99. The van der Waals surface area contributed by atoms with Crippen molar-refractivity contribution in [2.45, 2.75) is 18.9 Å². The summed E-state index contributed by atoms with van der Waals surface area (Å²) in [7, 11) is 0. The maximum Gasteiger partial charge on any atom is 0.120 e. The highest BCUT2D eigenvalue weighted by Crippen LogP contribution is 2.21. The first-order chi connectivity index (χ1) is 8.42. The minimum absolute atomic E-state index is 0.332. The van der Waals surface area contributed by atoms with E-state index in [4.69, 9.17) is 4.74 Å². The molecule has 3 rings (SSSR count). The minimum Gasteiger partial charge on any atom is -0.490 e. The average Bonchev–Trinajstić information content (AvgIpc) is 2.40. The lowest BCUT2D eigenvalue weighted by molar-refractivity contribution is 0.162. The third-order valence-electron chi connectivity index (χ3n) is 3.07. The van der Waals surface area contributed by atoms with E-state index < -0.39 is 0 Å². The quantitative estimate of drug-likeness (QED) is 0.852. The van der Waals surface area contributed by atoms with Crippen molar-refractivity contribution < 1.29 is 4.74 Å². The van der Waals surface area contributed by atoms with E-state index in [1.807, 2.05) is 24.4 Å². The number of piperidine rings is 1. The molecular weight excluding hydrogens is 214 g/mol. The number of benzene rings is 1. The van der Waals surface area contributed by atoms with Gasteiger partial charge in [-0.05, 0) is 44.1 Å². The van der Waals surface area contributed by atoms with Crippen LogP contribution in [0.5, 0.6) is 5.75 Å². The molecular formula is C13H15N3O. The standard InChI is InChI=1S/C13H15N3O/c1-2-13-10(8-15-9-16-13)7-12(1)17-11-3-5-14-6-4-11/h1-2,7-9,11,14H,3-6H2. The normalized spacial score (nSPS) is 17.2. The Morgan fingerprint density at radius 3 is 3.00 bits per heavy atom. The number of hydrogen-bond acceptors (Lipinski definition) is 4. The molecule has 1 N–H and O–H groups in total. The topological polar surface area (TPSA) is 47.0 Å². The van der Waals surface area contributed by atoms with Gasteiger partial charge in [-0.2, -0.15) is 0 Å². The fourth-order valence-electron chi connectivity index (χ4n) is 2.14. The largest absolute Gasteiger partial charge is 0.490 e. The lowest BCUT2D eigenvalue weighted by Crippen LogP contribution is -2.34. The van der Waals surface area contributed by atoms with Crippen LogP contribution in [0.2, 0.25) is 0 Å².